The number of carbonyl (C=O) groups excluding carboxylic acids is 1. The molecular weight excluding hydrogens is 216 g/mol. The van der Waals surface area contributed by atoms with Crippen LogP contribution in [-0.2, 0) is 4.79 Å². The van der Waals surface area contributed by atoms with Crippen molar-refractivity contribution in [1.82, 2.24) is 4.98 Å². The van der Waals surface area contributed by atoms with Crippen molar-refractivity contribution in [1.29, 1.82) is 0 Å². The number of amides is 1. The van der Waals surface area contributed by atoms with Crippen LogP contribution in [0.1, 0.15) is 25.7 Å². The van der Waals surface area contributed by atoms with Crippen molar-refractivity contribution in [3.8, 4) is 0 Å². The molecular formula is C12H18N4O. The Balaban J connectivity index is 1.86. The van der Waals surface area contributed by atoms with E-state index in [0.717, 1.165) is 19.3 Å². The van der Waals surface area contributed by atoms with Crippen LogP contribution in [0.2, 0.25) is 0 Å². The van der Waals surface area contributed by atoms with Crippen LogP contribution in [0.4, 0.5) is 11.5 Å². The zero-order chi connectivity index (χ0) is 12.3. The first-order valence-electron chi connectivity index (χ1n) is 5.92. The minimum Gasteiger partial charge on any atom is -0.384 e. The third kappa shape index (κ3) is 3.17. The highest BCUT2D eigenvalue weighted by atomic mass is 16.1. The summed E-state index contributed by atoms with van der Waals surface area (Å²) in [6.45, 7) is 0. The van der Waals surface area contributed by atoms with E-state index in [-0.39, 0.29) is 11.9 Å². The Bertz CT molecular complexity index is 390. The first-order valence-corrected chi connectivity index (χ1v) is 5.92. The predicted octanol–water partition coefficient (Wildman–Crippen LogP) is 1.12. The van der Waals surface area contributed by atoms with Gasteiger partial charge in [-0.2, -0.15) is 0 Å². The lowest BCUT2D eigenvalue weighted by Crippen LogP contribution is -2.28. The number of carbonyl (C=O) groups is 1. The van der Waals surface area contributed by atoms with Crippen LogP contribution in [-0.4, -0.2) is 16.9 Å². The molecule has 1 saturated carbocycles. The van der Waals surface area contributed by atoms with E-state index in [2.05, 4.69) is 10.3 Å². The number of hydrogen-bond donors (Lipinski definition) is 3. The molecule has 5 N–H and O–H groups in total. The van der Waals surface area contributed by atoms with E-state index in [4.69, 9.17) is 11.5 Å². The molecule has 92 valence electrons. The predicted molar refractivity (Wildman–Crippen MR) is 67.2 cm³/mol. The Hall–Kier alpha value is -1.62. The maximum atomic E-state index is 11.8. The highest BCUT2D eigenvalue weighted by molar-refractivity contribution is 5.90. The summed E-state index contributed by atoms with van der Waals surface area (Å²) in [5.74, 6) is 0.761. The summed E-state index contributed by atoms with van der Waals surface area (Å²) in [4.78, 5) is 15.7. The average Bonchev–Trinajstić information content (AvgIpc) is 2.68. The molecule has 5 heteroatoms. The van der Waals surface area contributed by atoms with Crippen LogP contribution in [0.5, 0.6) is 0 Å². The van der Waals surface area contributed by atoms with Gasteiger partial charge in [0.05, 0.1) is 11.9 Å². The van der Waals surface area contributed by atoms with Crippen LogP contribution in [0.3, 0.4) is 0 Å². The van der Waals surface area contributed by atoms with Gasteiger partial charge in [-0.25, -0.2) is 4.98 Å². The maximum absolute atomic E-state index is 11.8. The second-order valence-electron chi connectivity index (χ2n) is 4.58. The van der Waals surface area contributed by atoms with Gasteiger partial charge in [0.1, 0.15) is 5.82 Å². The number of nitrogens with one attached hydrogen (secondary N) is 1. The van der Waals surface area contributed by atoms with Crippen molar-refractivity contribution < 1.29 is 4.79 Å². The zero-order valence-electron chi connectivity index (χ0n) is 9.73. The van der Waals surface area contributed by atoms with Crippen LogP contribution in [0.25, 0.3) is 0 Å². The summed E-state index contributed by atoms with van der Waals surface area (Å²) in [6.07, 6.45) is 5.26. The minimum atomic E-state index is -0.000999. The molecule has 0 saturated heterocycles. The molecule has 2 rings (SSSR count). The van der Waals surface area contributed by atoms with Crippen LogP contribution in [0.15, 0.2) is 18.3 Å². The monoisotopic (exact) mass is 234 g/mol. The van der Waals surface area contributed by atoms with E-state index in [1.165, 1.54) is 0 Å². The maximum Gasteiger partial charge on any atom is 0.224 e. The topological polar surface area (TPSA) is 94.0 Å². The van der Waals surface area contributed by atoms with E-state index in [1.807, 2.05) is 0 Å². The van der Waals surface area contributed by atoms with Gasteiger partial charge in [0, 0.05) is 12.5 Å². The van der Waals surface area contributed by atoms with Gasteiger partial charge in [-0.15, -0.1) is 0 Å². The first-order chi connectivity index (χ1) is 8.15. The van der Waals surface area contributed by atoms with E-state index in [1.54, 1.807) is 18.3 Å². The van der Waals surface area contributed by atoms with Crippen LogP contribution >= 0.6 is 0 Å². The molecule has 0 spiro atoms. The van der Waals surface area contributed by atoms with E-state index < -0.39 is 0 Å². The molecule has 2 atom stereocenters. The number of nitrogen functional groups attached to an aromatic ring is 1. The molecule has 1 aromatic heterocycles. The molecule has 0 aromatic carbocycles. The molecule has 1 aromatic rings. The van der Waals surface area contributed by atoms with Gasteiger partial charge in [-0.3, -0.25) is 4.79 Å². The van der Waals surface area contributed by atoms with Crippen LogP contribution in [0, 0.1) is 5.92 Å². The molecule has 1 heterocycles. The quantitative estimate of drug-likeness (QED) is 0.730. The Morgan fingerprint density at radius 3 is 2.88 bits per heavy atom. The van der Waals surface area contributed by atoms with E-state index in [9.17, 15) is 4.79 Å². The average molecular weight is 234 g/mol. The second-order valence-corrected chi connectivity index (χ2v) is 4.58. The number of rotatable bonds is 3. The van der Waals surface area contributed by atoms with Crippen molar-refractivity contribution in [2.75, 3.05) is 11.1 Å². The van der Waals surface area contributed by atoms with Crippen LogP contribution < -0.4 is 16.8 Å². The number of pyridine rings is 1. The van der Waals surface area contributed by atoms with Crippen molar-refractivity contribution in [2.24, 2.45) is 11.7 Å². The van der Waals surface area contributed by atoms with E-state index >= 15 is 0 Å². The molecule has 17 heavy (non-hydrogen) atoms. The number of nitrogens with zero attached hydrogens (tertiary/aromatic N) is 1. The smallest absolute Gasteiger partial charge is 0.224 e. The fraction of sp³-hybridized carbons (Fsp3) is 0.500. The van der Waals surface area contributed by atoms with E-state index in [0.29, 0.717) is 23.8 Å². The zero-order valence-corrected chi connectivity index (χ0v) is 9.73. The molecule has 1 aliphatic carbocycles. The largest absolute Gasteiger partial charge is 0.384 e. The lowest BCUT2D eigenvalue weighted by molar-refractivity contribution is -0.117. The summed E-state index contributed by atoms with van der Waals surface area (Å²) in [6, 6.07) is 3.58. The molecule has 1 fully saturated rings. The second kappa shape index (κ2) is 5.14. The third-order valence-corrected chi connectivity index (χ3v) is 3.24. The van der Waals surface area contributed by atoms with Crippen molar-refractivity contribution >= 4 is 17.4 Å². The summed E-state index contributed by atoms with van der Waals surface area (Å²) in [5.41, 5.74) is 12.1. The SMILES string of the molecule is Nc1ccc(NC(=O)C[C@@H]2CCC[C@H]2N)cn1. The Labute approximate surface area is 101 Å². The fourth-order valence-corrected chi connectivity index (χ4v) is 2.25. The molecule has 0 unspecified atom stereocenters. The van der Waals surface area contributed by atoms with Gasteiger partial charge in [0.2, 0.25) is 5.91 Å². The van der Waals surface area contributed by atoms with Crippen molar-refractivity contribution in [2.45, 2.75) is 31.7 Å². The molecule has 0 aliphatic heterocycles. The number of anilines is 2. The molecule has 0 bridgehead atoms. The van der Waals surface area contributed by atoms with Gasteiger partial charge in [-0.05, 0) is 30.9 Å². The highest BCUT2D eigenvalue weighted by Gasteiger charge is 2.25. The summed E-state index contributed by atoms with van der Waals surface area (Å²) >= 11 is 0. The first kappa shape index (κ1) is 11.9. The highest BCUT2D eigenvalue weighted by Crippen LogP contribution is 2.27. The standard InChI is InChI=1S/C12H18N4O/c13-10-3-1-2-8(10)6-12(17)16-9-4-5-11(14)15-7-9/h4-5,7-8,10H,1-3,6,13H2,(H2,14,15)(H,16,17)/t8-,10+/m0/s1. The lowest BCUT2D eigenvalue weighted by atomic mass is 10.00. The van der Waals surface area contributed by atoms with Gasteiger partial charge in [-0.1, -0.05) is 6.42 Å². The van der Waals surface area contributed by atoms with Crippen molar-refractivity contribution in [3.05, 3.63) is 18.3 Å². The number of aromatic nitrogens is 1. The fourth-order valence-electron chi connectivity index (χ4n) is 2.25. The Morgan fingerprint density at radius 2 is 2.29 bits per heavy atom. The normalized spacial score (nSPS) is 23.6. The van der Waals surface area contributed by atoms with Gasteiger partial charge in [0.25, 0.3) is 0 Å². The minimum absolute atomic E-state index is 0.000999. The summed E-state index contributed by atoms with van der Waals surface area (Å²) < 4.78 is 0. The summed E-state index contributed by atoms with van der Waals surface area (Å²) in [7, 11) is 0. The number of hydrogen-bond acceptors (Lipinski definition) is 4. The Kier molecular flexibility index (Phi) is 3.58. The van der Waals surface area contributed by atoms with Crippen molar-refractivity contribution in [3.63, 3.8) is 0 Å². The molecule has 0 radical (unpaired) electrons. The van der Waals surface area contributed by atoms with Gasteiger partial charge >= 0.3 is 0 Å². The summed E-state index contributed by atoms with van der Waals surface area (Å²) in [5, 5.41) is 2.80. The molecule has 1 amide bonds. The molecule has 5 nitrogen and oxygen atoms in total. The van der Waals surface area contributed by atoms with Gasteiger partial charge < -0.3 is 16.8 Å². The lowest BCUT2D eigenvalue weighted by Gasteiger charge is -2.14. The molecule has 1 aliphatic rings. The third-order valence-electron chi connectivity index (χ3n) is 3.24. The van der Waals surface area contributed by atoms with Gasteiger partial charge in [0.15, 0.2) is 0 Å². The Morgan fingerprint density at radius 1 is 1.47 bits per heavy atom. The number of nitrogens with two attached hydrogens (primary N) is 2.